The van der Waals surface area contributed by atoms with Crippen molar-refractivity contribution >= 4 is 42.1 Å². The van der Waals surface area contributed by atoms with Crippen molar-refractivity contribution in [2.75, 3.05) is 13.1 Å². The molecule has 2 N–H and O–H groups in total. The van der Waals surface area contributed by atoms with Crippen LogP contribution in [-0.2, 0) is 11.3 Å². The maximum atomic E-state index is 11.8. The van der Waals surface area contributed by atoms with Gasteiger partial charge in [-0.3, -0.25) is 4.79 Å². The number of aromatic nitrogens is 1. The first kappa shape index (κ1) is 17.6. The van der Waals surface area contributed by atoms with Crippen LogP contribution in [0.5, 0.6) is 0 Å². The molecule has 2 rings (SSSR count). The van der Waals surface area contributed by atoms with E-state index in [9.17, 15) is 4.79 Å². The fraction of sp³-hybridized carbons (Fsp3) is 0.636. The standard InChI is InChI=1S/C11H17N3OS.2ClH/c1-8-13-6-10(16-8)7-14-11(15)9-2-4-12-5-3-9;;/h6,9,12H,2-5,7H2,1H3,(H,14,15);2*1H. The van der Waals surface area contributed by atoms with E-state index in [0.717, 1.165) is 35.8 Å². The van der Waals surface area contributed by atoms with Gasteiger partial charge in [-0.15, -0.1) is 36.2 Å². The van der Waals surface area contributed by atoms with Crippen molar-refractivity contribution < 1.29 is 4.79 Å². The van der Waals surface area contributed by atoms with E-state index in [1.165, 1.54) is 0 Å². The zero-order valence-electron chi connectivity index (χ0n) is 10.3. The highest BCUT2D eigenvalue weighted by molar-refractivity contribution is 7.11. The van der Waals surface area contributed by atoms with Gasteiger partial charge < -0.3 is 10.6 Å². The summed E-state index contributed by atoms with van der Waals surface area (Å²) in [6.45, 7) is 4.51. The molecule has 1 aromatic heterocycles. The fourth-order valence-electron chi connectivity index (χ4n) is 1.89. The lowest BCUT2D eigenvalue weighted by atomic mass is 9.97. The predicted molar refractivity (Wildman–Crippen MR) is 78.8 cm³/mol. The Morgan fingerprint density at radius 2 is 2.17 bits per heavy atom. The van der Waals surface area contributed by atoms with Crippen LogP contribution in [-0.4, -0.2) is 24.0 Å². The SMILES string of the molecule is Cc1ncc(CNC(=O)C2CCNCC2)s1.Cl.Cl. The molecule has 1 aliphatic heterocycles. The minimum atomic E-state index is 0. The molecule has 2 heterocycles. The molecular weight excluding hydrogens is 293 g/mol. The zero-order valence-corrected chi connectivity index (χ0v) is 12.7. The number of nitrogens with one attached hydrogen (secondary N) is 2. The summed E-state index contributed by atoms with van der Waals surface area (Å²) < 4.78 is 0. The van der Waals surface area contributed by atoms with Crippen LogP contribution in [0, 0.1) is 12.8 Å². The van der Waals surface area contributed by atoms with Crippen LogP contribution in [0.15, 0.2) is 6.20 Å². The number of aryl methyl sites for hydroxylation is 1. The molecule has 0 aliphatic carbocycles. The Kier molecular flexibility index (Phi) is 8.52. The van der Waals surface area contributed by atoms with E-state index < -0.39 is 0 Å². The number of piperidine rings is 1. The van der Waals surface area contributed by atoms with E-state index in [0.29, 0.717) is 6.54 Å². The highest BCUT2D eigenvalue weighted by Gasteiger charge is 2.20. The second-order valence-electron chi connectivity index (χ2n) is 4.09. The van der Waals surface area contributed by atoms with Gasteiger partial charge >= 0.3 is 0 Å². The number of rotatable bonds is 3. The molecule has 1 fully saturated rings. The Morgan fingerprint density at radius 3 is 2.72 bits per heavy atom. The second kappa shape index (κ2) is 8.69. The van der Waals surface area contributed by atoms with Crippen LogP contribution < -0.4 is 10.6 Å². The Labute approximate surface area is 124 Å². The monoisotopic (exact) mass is 311 g/mol. The lowest BCUT2D eigenvalue weighted by molar-refractivity contribution is -0.125. The average molecular weight is 312 g/mol. The van der Waals surface area contributed by atoms with E-state index in [1.54, 1.807) is 11.3 Å². The molecule has 0 radical (unpaired) electrons. The zero-order chi connectivity index (χ0) is 11.4. The Morgan fingerprint density at radius 1 is 1.50 bits per heavy atom. The van der Waals surface area contributed by atoms with Crippen molar-refractivity contribution in [1.82, 2.24) is 15.6 Å². The van der Waals surface area contributed by atoms with Crippen LogP contribution in [0.2, 0.25) is 0 Å². The van der Waals surface area contributed by atoms with Gasteiger partial charge in [0.2, 0.25) is 5.91 Å². The highest BCUT2D eigenvalue weighted by atomic mass is 35.5. The summed E-state index contributed by atoms with van der Waals surface area (Å²) in [6.07, 6.45) is 3.74. The van der Waals surface area contributed by atoms with Gasteiger partial charge in [-0.1, -0.05) is 0 Å². The number of nitrogens with zero attached hydrogens (tertiary/aromatic N) is 1. The summed E-state index contributed by atoms with van der Waals surface area (Å²) in [7, 11) is 0. The third-order valence-corrected chi connectivity index (χ3v) is 3.73. The summed E-state index contributed by atoms with van der Waals surface area (Å²) in [5, 5.41) is 7.29. The molecule has 0 unspecified atom stereocenters. The summed E-state index contributed by atoms with van der Waals surface area (Å²) >= 11 is 1.64. The van der Waals surface area contributed by atoms with Gasteiger partial charge in [0.05, 0.1) is 11.6 Å². The molecule has 0 saturated carbocycles. The third kappa shape index (κ3) is 5.10. The maximum Gasteiger partial charge on any atom is 0.223 e. The molecule has 0 spiro atoms. The first-order chi connectivity index (χ1) is 7.75. The summed E-state index contributed by atoms with van der Waals surface area (Å²) in [5.41, 5.74) is 0. The van der Waals surface area contributed by atoms with Crippen molar-refractivity contribution in [3.8, 4) is 0 Å². The van der Waals surface area contributed by atoms with Gasteiger partial charge in [0.25, 0.3) is 0 Å². The largest absolute Gasteiger partial charge is 0.351 e. The average Bonchev–Trinajstić information content (AvgIpc) is 2.73. The van der Waals surface area contributed by atoms with Crippen LogP contribution in [0.25, 0.3) is 0 Å². The van der Waals surface area contributed by atoms with E-state index in [2.05, 4.69) is 15.6 Å². The van der Waals surface area contributed by atoms with E-state index >= 15 is 0 Å². The molecule has 7 heteroatoms. The van der Waals surface area contributed by atoms with Crippen LogP contribution >= 0.6 is 36.2 Å². The number of thiazole rings is 1. The number of halogens is 2. The number of hydrogen-bond donors (Lipinski definition) is 2. The Balaban J connectivity index is 0.00000144. The molecule has 18 heavy (non-hydrogen) atoms. The first-order valence-corrected chi connectivity index (χ1v) is 6.47. The second-order valence-corrected chi connectivity index (χ2v) is 5.41. The summed E-state index contributed by atoms with van der Waals surface area (Å²) in [6, 6.07) is 0. The Hall–Kier alpha value is -0.360. The highest BCUT2D eigenvalue weighted by Crippen LogP contribution is 2.14. The maximum absolute atomic E-state index is 11.8. The minimum Gasteiger partial charge on any atom is -0.351 e. The number of amides is 1. The molecule has 0 atom stereocenters. The van der Waals surface area contributed by atoms with Crippen LogP contribution in [0.3, 0.4) is 0 Å². The van der Waals surface area contributed by atoms with Gasteiger partial charge in [-0.2, -0.15) is 0 Å². The molecule has 104 valence electrons. The number of carbonyl (C=O) groups excluding carboxylic acids is 1. The van der Waals surface area contributed by atoms with Crippen molar-refractivity contribution in [3.05, 3.63) is 16.1 Å². The predicted octanol–water partition coefficient (Wildman–Crippen LogP) is 1.91. The number of hydrogen-bond acceptors (Lipinski definition) is 4. The normalized spacial score (nSPS) is 15.4. The quantitative estimate of drug-likeness (QED) is 0.896. The molecule has 0 aromatic carbocycles. The lowest BCUT2D eigenvalue weighted by Crippen LogP contribution is -2.37. The van der Waals surface area contributed by atoms with Crippen molar-refractivity contribution in [3.63, 3.8) is 0 Å². The molecule has 1 aromatic rings. The van der Waals surface area contributed by atoms with E-state index in [4.69, 9.17) is 0 Å². The Bertz CT molecular complexity index is 367. The molecule has 1 amide bonds. The van der Waals surface area contributed by atoms with Gasteiger partial charge in [0.1, 0.15) is 0 Å². The van der Waals surface area contributed by atoms with Crippen molar-refractivity contribution in [1.29, 1.82) is 0 Å². The van der Waals surface area contributed by atoms with Gasteiger partial charge in [0.15, 0.2) is 0 Å². The van der Waals surface area contributed by atoms with Crippen molar-refractivity contribution in [2.24, 2.45) is 5.92 Å². The lowest BCUT2D eigenvalue weighted by Gasteiger charge is -2.21. The minimum absolute atomic E-state index is 0. The molecular formula is C11H19Cl2N3OS. The molecule has 4 nitrogen and oxygen atoms in total. The summed E-state index contributed by atoms with van der Waals surface area (Å²) in [4.78, 5) is 17.1. The van der Waals surface area contributed by atoms with Gasteiger partial charge in [-0.25, -0.2) is 4.98 Å². The first-order valence-electron chi connectivity index (χ1n) is 5.65. The fourth-order valence-corrected chi connectivity index (χ4v) is 2.62. The van der Waals surface area contributed by atoms with Crippen molar-refractivity contribution in [2.45, 2.75) is 26.3 Å². The molecule has 1 aliphatic rings. The van der Waals surface area contributed by atoms with Crippen LogP contribution in [0.4, 0.5) is 0 Å². The van der Waals surface area contributed by atoms with Crippen LogP contribution in [0.1, 0.15) is 22.7 Å². The topological polar surface area (TPSA) is 54.0 Å². The van der Waals surface area contributed by atoms with E-state index in [1.807, 2.05) is 13.1 Å². The third-order valence-electron chi connectivity index (χ3n) is 2.82. The van der Waals surface area contributed by atoms with Gasteiger partial charge in [0, 0.05) is 17.0 Å². The van der Waals surface area contributed by atoms with E-state index in [-0.39, 0.29) is 36.6 Å². The summed E-state index contributed by atoms with van der Waals surface area (Å²) in [5.74, 6) is 0.378. The van der Waals surface area contributed by atoms with Gasteiger partial charge in [-0.05, 0) is 32.9 Å². The molecule has 1 saturated heterocycles. The smallest absolute Gasteiger partial charge is 0.223 e. The number of carbonyl (C=O) groups is 1. The molecule has 0 bridgehead atoms.